The van der Waals surface area contributed by atoms with Crippen LogP contribution in [-0.4, -0.2) is 49.1 Å². The van der Waals surface area contributed by atoms with Gasteiger partial charge >= 0.3 is 0 Å². The Kier molecular flexibility index (Phi) is 4.88. The lowest BCUT2D eigenvalue weighted by atomic mass is 10.1. The van der Waals surface area contributed by atoms with E-state index in [2.05, 4.69) is 17.1 Å². The first-order valence-corrected chi connectivity index (χ1v) is 7.92. The first-order chi connectivity index (χ1) is 11.3. The Bertz CT molecular complexity index is 652. The van der Waals surface area contributed by atoms with Crippen molar-refractivity contribution in [1.29, 1.82) is 0 Å². The van der Waals surface area contributed by atoms with E-state index in [-0.39, 0.29) is 5.91 Å². The number of piperazine rings is 1. The van der Waals surface area contributed by atoms with Crippen molar-refractivity contribution in [1.82, 2.24) is 9.88 Å². The quantitative estimate of drug-likeness (QED) is 0.901. The Morgan fingerprint density at radius 1 is 1.17 bits per heavy atom. The zero-order chi connectivity index (χ0) is 16.1. The van der Waals surface area contributed by atoms with Crippen LogP contribution in [0, 0.1) is 0 Å². The molecule has 0 spiro atoms. The number of hydrogen-bond donors (Lipinski definition) is 1. The maximum atomic E-state index is 12.7. The number of methoxy groups -OCH3 is 1. The molecule has 2 heterocycles. The molecule has 1 aromatic heterocycles. The van der Waals surface area contributed by atoms with E-state index < -0.39 is 0 Å². The van der Waals surface area contributed by atoms with E-state index in [1.165, 1.54) is 10.5 Å². The Morgan fingerprint density at radius 3 is 2.57 bits per heavy atom. The summed E-state index contributed by atoms with van der Waals surface area (Å²) in [5, 5.41) is 0. The molecular formula is C18H22N3O2+. The highest BCUT2D eigenvalue weighted by Crippen LogP contribution is 2.19. The molecule has 0 aliphatic carbocycles. The standard InChI is InChI=1S/C18H21N3O2/c1-23-17-5-3-2-4-16(17)18(22)21-12-10-20(11-13-21)14-15-6-8-19-9-7-15/h2-9H,10-14H2,1H3/p+1. The second-order valence-electron chi connectivity index (χ2n) is 5.77. The molecule has 5 nitrogen and oxygen atoms in total. The average Bonchev–Trinajstić information content (AvgIpc) is 2.62. The molecule has 2 aromatic rings. The summed E-state index contributed by atoms with van der Waals surface area (Å²) in [7, 11) is 1.60. The Morgan fingerprint density at radius 2 is 1.87 bits per heavy atom. The van der Waals surface area contributed by atoms with Crippen molar-refractivity contribution in [2.24, 2.45) is 0 Å². The van der Waals surface area contributed by atoms with Gasteiger partial charge in [-0.2, -0.15) is 0 Å². The molecule has 3 rings (SSSR count). The summed E-state index contributed by atoms with van der Waals surface area (Å²) in [6.07, 6.45) is 3.66. The number of nitrogens with zero attached hydrogens (tertiary/aromatic N) is 2. The van der Waals surface area contributed by atoms with Gasteiger partial charge in [-0.25, -0.2) is 0 Å². The fourth-order valence-corrected chi connectivity index (χ4v) is 2.98. The van der Waals surface area contributed by atoms with Gasteiger partial charge in [0.25, 0.3) is 5.91 Å². The summed E-state index contributed by atoms with van der Waals surface area (Å²) in [6, 6.07) is 11.5. The summed E-state index contributed by atoms with van der Waals surface area (Å²) in [5.41, 5.74) is 1.94. The van der Waals surface area contributed by atoms with Gasteiger partial charge in [0, 0.05) is 18.0 Å². The number of nitrogens with one attached hydrogen (secondary N) is 1. The third-order valence-electron chi connectivity index (χ3n) is 4.30. The molecule has 1 aliphatic heterocycles. The van der Waals surface area contributed by atoms with Crippen LogP contribution in [0.5, 0.6) is 5.75 Å². The maximum Gasteiger partial charge on any atom is 0.258 e. The number of rotatable bonds is 4. The fourth-order valence-electron chi connectivity index (χ4n) is 2.98. The molecular weight excluding hydrogens is 290 g/mol. The number of quaternary nitrogens is 1. The Hall–Kier alpha value is -2.40. The predicted octanol–water partition coefficient (Wildman–Crippen LogP) is 0.631. The van der Waals surface area contributed by atoms with E-state index >= 15 is 0 Å². The highest BCUT2D eigenvalue weighted by atomic mass is 16.5. The fraction of sp³-hybridized carbons (Fsp3) is 0.333. The lowest BCUT2D eigenvalue weighted by Gasteiger charge is -2.32. The number of carbonyl (C=O) groups is 1. The average molecular weight is 312 g/mol. The number of amides is 1. The molecule has 120 valence electrons. The lowest BCUT2D eigenvalue weighted by molar-refractivity contribution is -0.917. The van der Waals surface area contributed by atoms with Crippen molar-refractivity contribution in [3.8, 4) is 5.75 Å². The number of benzene rings is 1. The zero-order valence-corrected chi connectivity index (χ0v) is 13.4. The van der Waals surface area contributed by atoms with Crippen molar-refractivity contribution in [3.05, 3.63) is 59.9 Å². The minimum atomic E-state index is 0.0606. The largest absolute Gasteiger partial charge is 0.496 e. The summed E-state index contributed by atoms with van der Waals surface area (Å²) in [6.45, 7) is 4.46. The Labute approximate surface area is 136 Å². The predicted molar refractivity (Wildman–Crippen MR) is 87.5 cm³/mol. The van der Waals surface area contributed by atoms with Gasteiger partial charge in [-0.1, -0.05) is 12.1 Å². The molecule has 23 heavy (non-hydrogen) atoms. The molecule has 5 heteroatoms. The first-order valence-electron chi connectivity index (χ1n) is 7.92. The molecule has 1 saturated heterocycles. The van der Waals surface area contributed by atoms with Crippen LogP contribution < -0.4 is 9.64 Å². The summed E-state index contributed by atoms with van der Waals surface area (Å²) in [5.74, 6) is 0.703. The van der Waals surface area contributed by atoms with E-state index in [1.54, 1.807) is 7.11 Å². The van der Waals surface area contributed by atoms with Crippen LogP contribution in [0.3, 0.4) is 0 Å². The van der Waals surface area contributed by atoms with E-state index in [0.29, 0.717) is 11.3 Å². The van der Waals surface area contributed by atoms with E-state index in [0.717, 1.165) is 32.7 Å². The van der Waals surface area contributed by atoms with E-state index in [1.807, 2.05) is 41.6 Å². The number of hydrogen-bond acceptors (Lipinski definition) is 3. The summed E-state index contributed by atoms with van der Waals surface area (Å²) < 4.78 is 5.30. The molecule has 1 aliphatic rings. The topological polar surface area (TPSA) is 46.9 Å². The first kappa shape index (κ1) is 15.5. The highest BCUT2D eigenvalue weighted by Gasteiger charge is 2.26. The van der Waals surface area contributed by atoms with Gasteiger partial charge in [0.05, 0.1) is 38.9 Å². The smallest absolute Gasteiger partial charge is 0.258 e. The molecule has 1 N–H and O–H groups in total. The molecule has 0 radical (unpaired) electrons. The van der Waals surface area contributed by atoms with Gasteiger partial charge in [0.2, 0.25) is 0 Å². The second-order valence-corrected chi connectivity index (χ2v) is 5.77. The molecule has 0 saturated carbocycles. The monoisotopic (exact) mass is 312 g/mol. The van der Waals surface area contributed by atoms with Gasteiger partial charge in [0.1, 0.15) is 12.3 Å². The molecule has 1 fully saturated rings. The van der Waals surface area contributed by atoms with Gasteiger partial charge in [-0.3, -0.25) is 9.78 Å². The van der Waals surface area contributed by atoms with Crippen molar-refractivity contribution in [2.75, 3.05) is 33.3 Å². The number of ether oxygens (including phenoxy) is 1. The van der Waals surface area contributed by atoms with Crippen molar-refractivity contribution >= 4 is 5.91 Å². The third-order valence-corrected chi connectivity index (χ3v) is 4.30. The molecule has 1 amide bonds. The number of para-hydroxylation sites is 1. The minimum absolute atomic E-state index is 0.0606. The van der Waals surface area contributed by atoms with E-state index in [4.69, 9.17) is 4.74 Å². The van der Waals surface area contributed by atoms with Crippen LogP contribution in [0.2, 0.25) is 0 Å². The molecule has 0 unspecified atom stereocenters. The van der Waals surface area contributed by atoms with Gasteiger partial charge < -0.3 is 14.5 Å². The summed E-state index contributed by atoms with van der Waals surface area (Å²) >= 11 is 0. The van der Waals surface area contributed by atoms with Crippen LogP contribution in [0.4, 0.5) is 0 Å². The number of aromatic nitrogens is 1. The number of carbonyl (C=O) groups excluding carboxylic acids is 1. The van der Waals surface area contributed by atoms with Gasteiger partial charge in [-0.05, 0) is 24.3 Å². The molecule has 0 atom stereocenters. The van der Waals surface area contributed by atoms with Crippen LogP contribution in [-0.2, 0) is 6.54 Å². The molecule has 1 aromatic carbocycles. The van der Waals surface area contributed by atoms with Crippen LogP contribution in [0.1, 0.15) is 15.9 Å². The van der Waals surface area contributed by atoms with Crippen molar-refractivity contribution in [3.63, 3.8) is 0 Å². The van der Waals surface area contributed by atoms with Gasteiger partial charge in [-0.15, -0.1) is 0 Å². The zero-order valence-electron chi connectivity index (χ0n) is 13.4. The minimum Gasteiger partial charge on any atom is -0.496 e. The SMILES string of the molecule is COc1ccccc1C(=O)N1CC[NH+](Cc2ccncc2)CC1. The second kappa shape index (κ2) is 7.24. The highest BCUT2D eigenvalue weighted by molar-refractivity contribution is 5.97. The van der Waals surface area contributed by atoms with Crippen molar-refractivity contribution in [2.45, 2.75) is 6.54 Å². The van der Waals surface area contributed by atoms with Crippen LogP contribution >= 0.6 is 0 Å². The van der Waals surface area contributed by atoms with Gasteiger partial charge in [0.15, 0.2) is 0 Å². The molecule has 0 bridgehead atoms. The number of pyridine rings is 1. The third kappa shape index (κ3) is 3.68. The van der Waals surface area contributed by atoms with Crippen LogP contribution in [0.15, 0.2) is 48.8 Å². The van der Waals surface area contributed by atoms with Crippen molar-refractivity contribution < 1.29 is 14.4 Å². The lowest BCUT2D eigenvalue weighted by Crippen LogP contribution is -3.13. The Balaban J connectivity index is 1.59. The summed E-state index contributed by atoms with van der Waals surface area (Å²) in [4.78, 5) is 20.1. The van der Waals surface area contributed by atoms with Crippen LogP contribution in [0.25, 0.3) is 0 Å². The maximum absolute atomic E-state index is 12.7. The van der Waals surface area contributed by atoms with E-state index in [9.17, 15) is 4.79 Å². The normalized spacial score (nSPS) is 15.4.